The van der Waals surface area contributed by atoms with Crippen LogP contribution in [0.4, 0.5) is 5.00 Å². The number of amides is 1. The van der Waals surface area contributed by atoms with Crippen LogP contribution in [0.1, 0.15) is 34.6 Å². The van der Waals surface area contributed by atoms with Gasteiger partial charge in [-0.2, -0.15) is 0 Å². The molecule has 0 fully saturated rings. The summed E-state index contributed by atoms with van der Waals surface area (Å²) in [6.07, 6.45) is -0.844. The maximum Gasteiger partial charge on any atom is 0.341 e. The Labute approximate surface area is 166 Å². The molecule has 0 aliphatic rings. The number of hydrogen-bond donors (Lipinski definition) is 1. The number of ether oxygens (including phenoxy) is 2. The van der Waals surface area contributed by atoms with Gasteiger partial charge < -0.3 is 14.8 Å². The van der Waals surface area contributed by atoms with Gasteiger partial charge in [-0.05, 0) is 45.4 Å². The lowest BCUT2D eigenvalue weighted by atomic mass is 10.1. The monoisotopic (exact) mass is 415 g/mol. The van der Waals surface area contributed by atoms with Crippen LogP contribution >= 0.6 is 34.5 Å². The summed E-state index contributed by atoms with van der Waals surface area (Å²) >= 11 is 13.3. The molecule has 140 valence electrons. The van der Waals surface area contributed by atoms with Gasteiger partial charge in [-0.1, -0.05) is 23.2 Å². The third-order valence-electron chi connectivity index (χ3n) is 3.67. The number of carbonyl (C=O) groups excluding carboxylic acids is 2. The molecule has 1 amide bonds. The van der Waals surface area contributed by atoms with E-state index in [2.05, 4.69) is 5.32 Å². The smallest absolute Gasteiger partial charge is 0.341 e. The van der Waals surface area contributed by atoms with Crippen molar-refractivity contribution >= 4 is 51.4 Å². The van der Waals surface area contributed by atoms with E-state index in [1.165, 1.54) is 17.4 Å². The summed E-state index contributed by atoms with van der Waals surface area (Å²) in [6, 6.07) is 4.76. The molecule has 5 nitrogen and oxygen atoms in total. The predicted octanol–water partition coefficient (Wildman–Crippen LogP) is 5.25. The van der Waals surface area contributed by atoms with E-state index in [0.29, 0.717) is 26.4 Å². The van der Waals surface area contributed by atoms with Crippen LogP contribution in [0, 0.1) is 13.8 Å². The minimum absolute atomic E-state index is 0.257. The molecule has 1 aromatic heterocycles. The minimum Gasteiger partial charge on any atom is -0.479 e. The first-order valence-electron chi connectivity index (χ1n) is 7.94. The summed E-state index contributed by atoms with van der Waals surface area (Å²) < 4.78 is 10.7. The van der Waals surface area contributed by atoms with Crippen molar-refractivity contribution in [3.8, 4) is 5.75 Å². The Morgan fingerprint density at radius 2 is 1.96 bits per heavy atom. The maximum atomic E-state index is 12.5. The molecule has 0 saturated carbocycles. The standard InChI is InChI=1S/C18H19Cl2NO4S/c1-5-24-18(23)15-9(2)11(4)26-17(15)21-16(22)10(3)25-14-8-12(19)6-7-13(14)20/h6-8,10H,5H2,1-4H3,(H,21,22). The number of carbonyl (C=O) groups is 2. The number of halogens is 2. The molecule has 0 spiro atoms. The second-order valence-electron chi connectivity index (χ2n) is 5.53. The Morgan fingerprint density at radius 1 is 1.27 bits per heavy atom. The van der Waals surface area contributed by atoms with Crippen LogP contribution in [0.15, 0.2) is 18.2 Å². The Hall–Kier alpha value is -1.76. The Kier molecular flexibility index (Phi) is 6.92. The molecule has 26 heavy (non-hydrogen) atoms. The van der Waals surface area contributed by atoms with Gasteiger partial charge in [-0.3, -0.25) is 4.79 Å². The molecule has 1 atom stereocenters. The van der Waals surface area contributed by atoms with Crippen LogP contribution in [-0.2, 0) is 9.53 Å². The molecule has 2 aromatic rings. The van der Waals surface area contributed by atoms with Gasteiger partial charge >= 0.3 is 5.97 Å². The molecular formula is C18H19Cl2NO4S. The Morgan fingerprint density at radius 3 is 2.62 bits per heavy atom. The van der Waals surface area contributed by atoms with Crippen molar-refractivity contribution in [1.29, 1.82) is 0 Å². The maximum absolute atomic E-state index is 12.5. The molecule has 0 aliphatic carbocycles. The largest absolute Gasteiger partial charge is 0.479 e. The number of hydrogen-bond acceptors (Lipinski definition) is 5. The van der Waals surface area contributed by atoms with Crippen LogP contribution in [0.5, 0.6) is 5.75 Å². The lowest BCUT2D eigenvalue weighted by Gasteiger charge is -2.16. The molecule has 1 N–H and O–H groups in total. The van der Waals surface area contributed by atoms with Crippen LogP contribution in [0.2, 0.25) is 10.0 Å². The number of esters is 1. The van der Waals surface area contributed by atoms with E-state index in [-0.39, 0.29) is 6.61 Å². The minimum atomic E-state index is -0.844. The van der Waals surface area contributed by atoms with Crippen LogP contribution < -0.4 is 10.1 Å². The number of thiophene rings is 1. The van der Waals surface area contributed by atoms with Gasteiger partial charge in [0.2, 0.25) is 0 Å². The lowest BCUT2D eigenvalue weighted by molar-refractivity contribution is -0.122. The summed E-state index contributed by atoms with van der Waals surface area (Å²) in [6.45, 7) is 7.27. The molecule has 8 heteroatoms. The second kappa shape index (κ2) is 8.75. The summed E-state index contributed by atoms with van der Waals surface area (Å²) in [7, 11) is 0. The van der Waals surface area contributed by atoms with E-state index < -0.39 is 18.0 Å². The number of benzene rings is 1. The molecule has 1 unspecified atom stereocenters. The van der Waals surface area contributed by atoms with E-state index in [0.717, 1.165) is 10.4 Å². The highest BCUT2D eigenvalue weighted by atomic mass is 35.5. The van der Waals surface area contributed by atoms with E-state index in [9.17, 15) is 9.59 Å². The van der Waals surface area contributed by atoms with Gasteiger partial charge in [0.05, 0.1) is 17.2 Å². The van der Waals surface area contributed by atoms with Crippen molar-refractivity contribution in [3.63, 3.8) is 0 Å². The number of aryl methyl sites for hydroxylation is 1. The highest BCUT2D eigenvalue weighted by Gasteiger charge is 2.24. The van der Waals surface area contributed by atoms with Crippen LogP contribution in [-0.4, -0.2) is 24.6 Å². The fraction of sp³-hybridized carbons (Fsp3) is 0.333. The second-order valence-corrected chi connectivity index (χ2v) is 7.60. The fourth-order valence-corrected chi connectivity index (χ4v) is 3.56. The van der Waals surface area contributed by atoms with Gasteiger partial charge in [-0.15, -0.1) is 11.3 Å². The Balaban J connectivity index is 2.18. The van der Waals surface area contributed by atoms with E-state index >= 15 is 0 Å². The summed E-state index contributed by atoms with van der Waals surface area (Å²) in [5.41, 5.74) is 1.16. The van der Waals surface area contributed by atoms with Crippen molar-refractivity contribution in [2.45, 2.75) is 33.8 Å². The Bertz CT molecular complexity index is 835. The number of rotatable bonds is 6. The van der Waals surface area contributed by atoms with Gasteiger partial charge in [-0.25, -0.2) is 4.79 Å². The van der Waals surface area contributed by atoms with Crippen molar-refractivity contribution in [2.75, 3.05) is 11.9 Å². The fourth-order valence-electron chi connectivity index (χ4n) is 2.19. The average Bonchev–Trinajstić information content (AvgIpc) is 2.85. The van der Waals surface area contributed by atoms with Gasteiger partial charge in [0.15, 0.2) is 6.10 Å². The molecule has 2 rings (SSSR count). The van der Waals surface area contributed by atoms with Crippen molar-refractivity contribution in [3.05, 3.63) is 44.2 Å². The van der Waals surface area contributed by atoms with E-state index in [1.54, 1.807) is 26.0 Å². The highest BCUT2D eigenvalue weighted by Crippen LogP contribution is 2.33. The summed E-state index contributed by atoms with van der Waals surface area (Å²) in [4.78, 5) is 25.6. The zero-order chi connectivity index (χ0) is 19.4. The normalized spacial score (nSPS) is 11.8. The summed E-state index contributed by atoms with van der Waals surface area (Å²) in [5.74, 6) is -0.560. The van der Waals surface area contributed by atoms with E-state index in [1.807, 2.05) is 13.8 Å². The molecule has 1 heterocycles. The number of nitrogens with one attached hydrogen (secondary N) is 1. The molecular weight excluding hydrogens is 397 g/mol. The van der Waals surface area contributed by atoms with Crippen molar-refractivity contribution in [2.24, 2.45) is 0 Å². The van der Waals surface area contributed by atoms with Gasteiger partial charge in [0.1, 0.15) is 10.8 Å². The summed E-state index contributed by atoms with van der Waals surface area (Å²) in [5, 5.41) is 3.99. The predicted molar refractivity (Wildman–Crippen MR) is 105 cm³/mol. The van der Waals surface area contributed by atoms with Gasteiger partial charge in [0.25, 0.3) is 5.91 Å². The highest BCUT2D eigenvalue weighted by molar-refractivity contribution is 7.16. The lowest BCUT2D eigenvalue weighted by Crippen LogP contribution is -2.30. The molecule has 1 aromatic carbocycles. The average molecular weight is 416 g/mol. The third kappa shape index (κ3) is 4.69. The van der Waals surface area contributed by atoms with Crippen molar-refractivity contribution < 1.29 is 19.1 Å². The van der Waals surface area contributed by atoms with Crippen LogP contribution in [0.25, 0.3) is 0 Å². The zero-order valence-electron chi connectivity index (χ0n) is 14.8. The molecule has 0 saturated heterocycles. The first kappa shape index (κ1) is 20.6. The SMILES string of the molecule is CCOC(=O)c1c(NC(=O)C(C)Oc2cc(Cl)ccc2Cl)sc(C)c1C. The van der Waals surface area contributed by atoms with E-state index in [4.69, 9.17) is 32.7 Å². The zero-order valence-corrected chi connectivity index (χ0v) is 17.1. The first-order chi connectivity index (χ1) is 12.2. The van der Waals surface area contributed by atoms with Gasteiger partial charge in [0, 0.05) is 16.0 Å². The van der Waals surface area contributed by atoms with Crippen molar-refractivity contribution in [1.82, 2.24) is 0 Å². The first-order valence-corrected chi connectivity index (χ1v) is 9.51. The quantitative estimate of drug-likeness (QED) is 0.653. The molecule has 0 aliphatic heterocycles. The van der Waals surface area contributed by atoms with Crippen LogP contribution in [0.3, 0.4) is 0 Å². The molecule has 0 bridgehead atoms. The topological polar surface area (TPSA) is 64.6 Å². The molecule has 0 radical (unpaired) electrons. The number of anilines is 1. The third-order valence-corrected chi connectivity index (χ3v) is 5.34.